The first-order valence-corrected chi connectivity index (χ1v) is 11.0. The van der Waals surface area contributed by atoms with Gasteiger partial charge in [-0.3, -0.25) is 9.69 Å². The minimum atomic E-state index is -0.194. The van der Waals surface area contributed by atoms with Crippen molar-refractivity contribution in [2.45, 2.75) is 51.1 Å². The van der Waals surface area contributed by atoms with Crippen LogP contribution in [0, 0.1) is 0 Å². The second kappa shape index (κ2) is 9.37. The Morgan fingerprint density at radius 1 is 1.13 bits per heavy atom. The molecule has 2 aliphatic heterocycles. The fourth-order valence-electron chi connectivity index (χ4n) is 4.53. The molecular formula is C24H30N2O4. The van der Waals surface area contributed by atoms with Gasteiger partial charge in [-0.2, -0.15) is 0 Å². The molecular weight excluding hydrogens is 380 g/mol. The topological polar surface area (TPSA) is 59.1 Å². The number of cyclic esters (lactones) is 1. The van der Waals surface area contributed by atoms with Gasteiger partial charge in [0.05, 0.1) is 6.04 Å². The van der Waals surface area contributed by atoms with E-state index in [1.165, 1.54) is 0 Å². The highest BCUT2D eigenvalue weighted by molar-refractivity contribution is 5.88. The maximum absolute atomic E-state index is 12.7. The minimum Gasteiger partial charge on any atom is -0.483 e. The van der Waals surface area contributed by atoms with Crippen LogP contribution >= 0.6 is 0 Å². The lowest BCUT2D eigenvalue weighted by atomic mass is 10.00. The summed E-state index contributed by atoms with van der Waals surface area (Å²) in [5.41, 5.74) is 0. The predicted octanol–water partition coefficient (Wildman–Crippen LogP) is 4.22. The largest absolute Gasteiger partial charge is 0.483 e. The van der Waals surface area contributed by atoms with Crippen LogP contribution in [0.3, 0.4) is 0 Å². The number of ether oxygens (including phenoxy) is 2. The second-order valence-corrected chi connectivity index (χ2v) is 8.16. The number of unbranched alkanes of at least 4 members (excludes halogenated alkanes) is 1. The van der Waals surface area contributed by atoms with E-state index in [1.54, 1.807) is 0 Å². The standard InChI is InChI=1S/C24H30N2O4/c1-2-3-9-20-16-30-24(28)26(20)19-12-14-25(15-13-19)23(27)17-29-22-11-6-8-18-7-4-5-10-21(18)22/h4-8,10-11,19-20H,2-3,9,12-17H2,1H3. The molecule has 0 aliphatic carbocycles. The Hall–Kier alpha value is -2.76. The van der Waals surface area contributed by atoms with E-state index in [1.807, 2.05) is 52.3 Å². The van der Waals surface area contributed by atoms with Gasteiger partial charge in [-0.25, -0.2) is 4.79 Å². The molecule has 4 rings (SSSR count). The van der Waals surface area contributed by atoms with Crippen molar-refractivity contribution in [1.29, 1.82) is 0 Å². The Kier molecular flexibility index (Phi) is 6.41. The fraction of sp³-hybridized carbons (Fsp3) is 0.500. The van der Waals surface area contributed by atoms with Crippen molar-refractivity contribution in [3.8, 4) is 5.75 Å². The molecule has 0 bridgehead atoms. The summed E-state index contributed by atoms with van der Waals surface area (Å²) in [6.07, 6.45) is 4.58. The van der Waals surface area contributed by atoms with E-state index in [2.05, 4.69) is 6.92 Å². The molecule has 6 nitrogen and oxygen atoms in total. The zero-order valence-corrected chi connectivity index (χ0v) is 17.6. The monoisotopic (exact) mass is 410 g/mol. The summed E-state index contributed by atoms with van der Waals surface area (Å²) < 4.78 is 11.2. The first-order chi connectivity index (χ1) is 14.7. The zero-order valence-electron chi connectivity index (χ0n) is 17.6. The molecule has 0 aromatic heterocycles. The Morgan fingerprint density at radius 2 is 1.90 bits per heavy atom. The van der Waals surface area contributed by atoms with Gasteiger partial charge in [-0.1, -0.05) is 56.2 Å². The van der Waals surface area contributed by atoms with E-state index in [0.717, 1.165) is 48.6 Å². The molecule has 0 N–H and O–H groups in total. The molecule has 160 valence electrons. The van der Waals surface area contributed by atoms with E-state index < -0.39 is 0 Å². The van der Waals surface area contributed by atoms with E-state index in [0.29, 0.717) is 19.7 Å². The van der Waals surface area contributed by atoms with Crippen LogP contribution in [0.2, 0.25) is 0 Å². The molecule has 2 fully saturated rings. The van der Waals surface area contributed by atoms with Crippen molar-refractivity contribution in [3.63, 3.8) is 0 Å². The normalized spacial score (nSPS) is 19.9. The van der Waals surface area contributed by atoms with Gasteiger partial charge in [0.15, 0.2) is 6.61 Å². The smallest absolute Gasteiger partial charge is 0.410 e. The van der Waals surface area contributed by atoms with Crippen LogP contribution < -0.4 is 4.74 Å². The van der Waals surface area contributed by atoms with E-state index >= 15 is 0 Å². The molecule has 1 atom stereocenters. The van der Waals surface area contributed by atoms with E-state index in [-0.39, 0.29) is 30.7 Å². The van der Waals surface area contributed by atoms with Gasteiger partial charge in [-0.15, -0.1) is 0 Å². The Bertz CT molecular complexity index is 886. The molecule has 0 spiro atoms. The fourth-order valence-corrected chi connectivity index (χ4v) is 4.53. The number of carbonyl (C=O) groups is 2. The van der Waals surface area contributed by atoms with Crippen molar-refractivity contribution in [1.82, 2.24) is 9.80 Å². The molecule has 30 heavy (non-hydrogen) atoms. The maximum Gasteiger partial charge on any atom is 0.410 e. The lowest BCUT2D eigenvalue weighted by Gasteiger charge is -2.37. The van der Waals surface area contributed by atoms with Crippen molar-refractivity contribution in [2.24, 2.45) is 0 Å². The quantitative estimate of drug-likeness (QED) is 0.686. The number of piperidine rings is 1. The minimum absolute atomic E-state index is 0.00656. The van der Waals surface area contributed by atoms with Crippen LogP contribution in [0.1, 0.15) is 39.0 Å². The second-order valence-electron chi connectivity index (χ2n) is 8.16. The summed E-state index contributed by atoms with van der Waals surface area (Å²) in [6.45, 7) is 3.98. The summed E-state index contributed by atoms with van der Waals surface area (Å²) in [7, 11) is 0. The molecule has 2 aromatic rings. The Morgan fingerprint density at radius 3 is 2.70 bits per heavy atom. The van der Waals surface area contributed by atoms with Crippen molar-refractivity contribution in [3.05, 3.63) is 42.5 Å². The number of benzene rings is 2. The van der Waals surface area contributed by atoms with Gasteiger partial charge in [-0.05, 0) is 30.7 Å². The number of nitrogens with zero attached hydrogens (tertiary/aromatic N) is 2. The molecule has 2 aliphatic rings. The summed E-state index contributed by atoms with van der Waals surface area (Å²) in [5.74, 6) is 0.725. The van der Waals surface area contributed by atoms with Gasteiger partial charge in [0.25, 0.3) is 5.91 Å². The van der Waals surface area contributed by atoms with Gasteiger partial charge in [0.1, 0.15) is 12.4 Å². The zero-order chi connectivity index (χ0) is 20.9. The molecule has 2 amide bonds. The van der Waals surface area contributed by atoms with E-state index in [4.69, 9.17) is 9.47 Å². The molecule has 6 heteroatoms. The maximum atomic E-state index is 12.7. The number of hydrogen-bond donors (Lipinski definition) is 0. The summed E-state index contributed by atoms with van der Waals surface area (Å²) in [5, 5.41) is 2.11. The average molecular weight is 411 g/mol. The van der Waals surface area contributed by atoms with Crippen LogP contribution in [0.25, 0.3) is 10.8 Å². The van der Waals surface area contributed by atoms with Crippen LogP contribution in [0.4, 0.5) is 4.79 Å². The molecule has 1 unspecified atom stereocenters. The predicted molar refractivity (Wildman–Crippen MR) is 116 cm³/mol. The third-order valence-corrected chi connectivity index (χ3v) is 6.21. The molecule has 0 radical (unpaired) electrons. The summed E-state index contributed by atoms with van der Waals surface area (Å²) >= 11 is 0. The number of fused-ring (bicyclic) bond motifs is 1. The SMILES string of the molecule is CCCCC1COC(=O)N1C1CCN(C(=O)COc2cccc3ccccc23)CC1. The molecule has 2 saturated heterocycles. The summed E-state index contributed by atoms with van der Waals surface area (Å²) in [6, 6.07) is 14.2. The van der Waals surface area contributed by atoms with Crippen LogP contribution in [-0.4, -0.2) is 60.2 Å². The van der Waals surface area contributed by atoms with Crippen LogP contribution in [0.5, 0.6) is 5.75 Å². The van der Waals surface area contributed by atoms with Crippen molar-refractivity contribution >= 4 is 22.8 Å². The van der Waals surface area contributed by atoms with Gasteiger partial charge >= 0.3 is 6.09 Å². The first-order valence-electron chi connectivity index (χ1n) is 11.0. The van der Waals surface area contributed by atoms with Gasteiger partial charge < -0.3 is 14.4 Å². The van der Waals surface area contributed by atoms with Crippen molar-refractivity contribution < 1.29 is 19.1 Å². The number of rotatable bonds is 7. The number of amides is 2. The number of likely N-dealkylation sites (tertiary alicyclic amines) is 1. The van der Waals surface area contributed by atoms with Crippen LogP contribution in [-0.2, 0) is 9.53 Å². The lowest BCUT2D eigenvalue weighted by Crippen LogP contribution is -2.50. The molecule has 0 saturated carbocycles. The van der Waals surface area contributed by atoms with Gasteiger partial charge in [0, 0.05) is 24.5 Å². The highest BCUT2D eigenvalue weighted by atomic mass is 16.6. The summed E-state index contributed by atoms with van der Waals surface area (Å²) in [4.78, 5) is 28.7. The Balaban J connectivity index is 1.30. The molecule has 2 heterocycles. The van der Waals surface area contributed by atoms with Crippen molar-refractivity contribution in [2.75, 3.05) is 26.3 Å². The first kappa shape index (κ1) is 20.5. The lowest BCUT2D eigenvalue weighted by molar-refractivity contribution is -0.134. The number of carbonyl (C=O) groups excluding carboxylic acids is 2. The van der Waals surface area contributed by atoms with E-state index in [9.17, 15) is 9.59 Å². The average Bonchev–Trinajstić information content (AvgIpc) is 3.16. The highest BCUT2D eigenvalue weighted by Crippen LogP contribution is 2.27. The van der Waals surface area contributed by atoms with Gasteiger partial charge in [0.2, 0.25) is 0 Å². The number of hydrogen-bond acceptors (Lipinski definition) is 4. The Labute approximate surface area is 177 Å². The van der Waals surface area contributed by atoms with Crippen LogP contribution in [0.15, 0.2) is 42.5 Å². The third-order valence-electron chi connectivity index (χ3n) is 6.21. The molecule has 2 aromatic carbocycles. The third kappa shape index (κ3) is 4.37. The highest BCUT2D eigenvalue weighted by Gasteiger charge is 2.39.